The number of hydrogen-bond acceptors (Lipinski definition) is 4. The maximum Gasteiger partial charge on any atom is 0.304 e. The van der Waals surface area contributed by atoms with Gasteiger partial charge >= 0.3 is 10.2 Å². The molecule has 0 spiro atoms. The van der Waals surface area contributed by atoms with Gasteiger partial charge in [0.2, 0.25) is 5.91 Å². The van der Waals surface area contributed by atoms with E-state index in [1.165, 1.54) is 14.1 Å². The Morgan fingerprint density at radius 1 is 0.900 bits per heavy atom. The van der Waals surface area contributed by atoms with Crippen molar-refractivity contribution in [2.45, 2.75) is 6.42 Å². The minimum Gasteiger partial charge on any atom is -0.325 e. The van der Waals surface area contributed by atoms with Gasteiger partial charge in [0.15, 0.2) is 0 Å². The van der Waals surface area contributed by atoms with Crippen LogP contribution in [0, 0.1) is 0 Å². The first kappa shape index (κ1) is 21.5. The molecule has 3 aromatic rings. The molecule has 0 saturated heterocycles. The summed E-state index contributed by atoms with van der Waals surface area (Å²) in [7, 11) is -0.950. The molecule has 156 valence electrons. The standard InChI is InChI=1S/C22H24N4O3S/c1-25(2)30(28,29)26(21-6-4-3-5-7-21)17-22(27)24-20-10-8-18(9-11-20)16-19-12-14-23-15-13-19/h3-15H,16-17H2,1-2H3,(H,24,27). The minimum atomic E-state index is -3.82. The highest BCUT2D eigenvalue weighted by atomic mass is 32.2. The van der Waals surface area contributed by atoms with Crippen LogP contribution in [0.25, 0.3) is 0 Å². The van der Waals surface area contributed by atoms with E-state index in [0.717, 1.165) is 26.2 Å². The Balaban J connectivity index is 1.69. The molecule has 0 fully saturated rings. The van der Waals surface area contributed by atoms with E-state index in [9.17, 15) is 13.2 Å². The molecule has 1 N–H and O–H groups in total. The number of carbonyl (C=O) groups is 1. The van der Waals surface area contributed by atoms with E-state index < -0.39 is 16.1 Å². The van der Waals surface area contributed by atoms with Crippen molar-refractivity contribution in [3.05, 3.63) is 90.3 Å². The van der Waals surface area contributed by atoms with E-state index in [2.05, 4.69) is 10.3 Å². The minimum absolute atomic E-state index is 0.330. The predicted octanol–water partition coefficient (Wildman–Crippen LogP) is 2.92. The summed E-state index contributed by atoms with van der Waals surface area (Å²) in [5.41, 5.74) is 3.28. The van der Waals surface area contributed by atoms with E-state index in [1.807, 2.05) is 36.4 Å². The molecule has 30 heavy (non-hydrogen) atoms. The molecule has 1 amide bonds. The zero-order chi connectivity index (χ0) is 21.6. The summed E-state index contributed by atoms with van der Waals surface area (Å²) >= 11 is 0. The predicted molar refractivity (Wildman–Crippen MR) is 119 cm³/mol. The van der Waals surface area contributed by atoms with Crippen molar-refractivity contribution in [2.24, 2.45) is 0 Å². The van der Waals surface area contributed by atoms with E-state index in [1.54, 1.807) is 42.7 Å². The smallest absolute Gasteiger partial charge is 0.304 e. The maximum absolute atomic E-state index is 12.7. The van der Waals surface area contributed by atoms with Gasteiger partial charge in [-0.1, -0.05) is 30.3 Å². The number of pyridine rings is 1. The molecule has 1 aromatic heterocycles. The first-order valence-electron chi connectivity index (χ1n) is 9.39. The number of aromatic nitrogens is 1. The molecule has 0 aliphatic heterocycles. The van der Waals surface area contributed by atoms with Crippen LogP contribution in [0.5, 0.6) is 0 Å². The number of benzene rings is 2. The summed E-state index contributed by atoms with van der Waals surface area (Å²) in [6.07, 6.45) is 4.27. The number of rotatable bonds is 8. The summed E-state index contributed by atoms with van der Waals surface area (Å²) in [4.78, 5) is 16.6. The van der Waals surface area contributed by atoms with Gasteiger partial charge in [-0.25, -0.2) is 4.31 Å². The Hall–Kier alpha value is -3.23. The zero-order valence-corrected chi connectivity index (χ0v) is 17.7. The van der Waals surface area contributed by atoms with Crippen LogP contribution in [0.2, 0.25) is 0 Å². The van der Waals surface area contributed by atoms with Crippen molar-refractivity contribution in [1.82, 2.24) is 9.29 Å². The molecule has 3 rings (SSSR count). The van der Waals surface area contributed by atoms with Crippen LogP contribution in [0.1, 0.15) is 11.1 Å². The lowest BCUT2D eigenvalue weighted by Crippen LogP contribution is -2.44. The third-order valence-corrected chi connectivity index (χ3v) is 6.29. The summed E-state index contributed by atoms with van der Waals surface area (Å²) in [6, 6.07) is 20.0. The maximum atomic E-state index is 12.7. The van der Waals surface area contributed by atoms with Gasteiger partial charge in [-0.2, -0.15) is 12.7 Å². The quantitative estimate of drug-likeness (QED) is 0.603. The van der Waals surface area contributed by atoms with Gasteiger partial charge in [-0.15, -0.1) is 0 Å². The Labute approximate surface area is 177 Å². The Bertz CT molecular complexity index is 1070. The van der Waals surface area contributed by atoms with Gasteiger partial charge in [0, 0.05) is 32.2 Å². The van der Waals surface area contributed by atoms with E-state index >= 15 is 0 Å². The van der Waals surface area contributed by atoms with Crippen LogP contribution >= 0.6 is 0 Å². The summed E-state index contributed by atoms with van der Waals surface area (Å²) in [5, 5.41) is 2.77. The van der Waals surface area contributed by atoms with Crippen LogP contribution in [0.3, 0.4) is 0 Å². The molecular weight excluding hydrogens is 400 g/mol. The van der Waals surface area contributed by atoms with Crippen molar-refractivity contribution < 1.29 is 13.2 Å². The molecule has 7 nitrogen and oxygen atoms in total. The number of nitrogens with zero attached hydrogens (tertiary/aromatic N) is 3. The third-order valence-electron chi connectivity index (χ3n) is 4.47. The molecule has 1 heterocycles. The second-order valence-corrected chi connectivity index (χ2v) is 8.98. The molecule has 0 unspecified atom stereocenters. The summed E-state index contributed by atoms with van der Waals surface area (Å²) < 4.78 is 27.6. The molecule has 0 atom stereocenters. The molecule has 0 radical (unpaired) electrons. The number of nitrogens with one attached hydrogen (secondary N) is 1. The highest BCUT2D eigenvalue weighted by Crippen LogP contribution is 2.19. The van der Waals surface area contributed by atoms with Crippen LogP contribution in [0.15, 0.2) is 79.1 Å². The fourth-order valence-corrected chi connectivity index (χ4v) is 3.93. The van der Waals surface area contributed by atoms with Crippen molar-refractivity contribution in [3.63, 3.8) is 0 Å². The SMILES string of the molecule is CN(C)S(=O)(=O)N(CC(=O)Nc1ccc(Cc2ccncc2)cc1)c1ccccc1. The van der Waals surface area contributed by atoms with Gasteiger partial charge in [-0.3, -0.25) is 9.78 Å². The number of amides is 1. The highest BCUT2D eigenvalue weighted by Gasteiger charge is 2.27. The van der Waals surface area contributed by atoms with Crippen LogP contribution in [-0.4, -0.2) is 44.3 Å². The monoisotopic (exact) mass is 424 g/mol. The van der Waals surface area contributed by atoms with Crippen molar-refractivity contribution in [1.29, 1.82) is 0 Å². The molecule has 8 heteroatoms. The topological polar surface area (TPSA) is 82.6 Å². The summed E-state index contributed by atoms with van der Waals surface area (Å²) in [5.74, 6) is -0.425. The van der Waals surface area contributed by atoms with Crippen LogP contribution < -0.4 is 9.62 Å². The van der Waals surface area contributed by atoms with Crippen LogP contribution in [-0.2, 0) is 21.4 Å². The third kappa shape index (κ3) is 5.43. The normalized spacial score (nSPS) is 11.3. The van der Waals surface area contributed by atoms with Crippen LogP contribution in [0.4, 0.5) is 11.4 Å². The van der Waals surface area contributed by atoms with Crippen molar-refractivity contribution >= 4 is 27.5 Å². The number of carbonyl (C=O) groups excluding carboxylic acids is 1. The molecule has 2 aromatic carbocycles. The highest BCUT2D eigenvalue weighted by molar-refractivity contribution is 7.90. The van der Waals surface area contributed by atoms with E-state index in [-0.39, 0.29) is 6.54 Å². The molecular formula is C22H24N4O3S. The van der Waals surface area contributed by atoms with Gasteiger partial charge in [0.1, 0.15) is 6.54 Å². The molecule has 0 saturated carbocycles. The van der Waals surface area contributed by atoms with Gasteiger partial charge in [0.25, 0.3) is 0 Å². The Kier molecular flexibility index (Phi) is 6.81. The van der Waals surface area contributed by atoms with Crippen molar-refractivity contribution in [3.8, 4) is 0 Å². The molecule has 0 bridgehead atoms. The lowest BCUT2D eigenvalue weighted by Gasteiger charge is -2.26. The zero-order valence-electron chi connectivity index (χ0n) is 16.9. The Morgan fingerprint density at radius 3 is 2.10 bits per heavy atom. The Morgan fingerprint density at radius 2 is 1.50 bits per heavy atom. The van der Waals surface area contributed by atoms with E-state index in [4.69, 9.17) is 0 Å². The average molecular weight is 425 g/mol. The fourth-order valence-electron chi connectivity index (χ4n) is 2.87. The second-order valence-electron chi connectivity index (χ2n) is 6.91. The largest absolute Gasteiger partial charge is 0.325 e. The van der Waals surface area contributed by atoms with E-state index in [0.29, 0.717) is 11.4 Å². The second kappa shape index (κ2) is 9.51. The molecule has 0 aliphatic carbocycles. The number of anilines is 2. The van der Waals surface area contributed by atoms with Gasteiger partial charge in [0.05, 0.1) is 5.69 Å². The summed E-state index contributed by atoms with van der Waals surface area (Å²) in [6.45, 7) is -0.330. The average Bonchev–Trinajstić information content (AvgIpc) is 2.74. The number of hydrogen-bond donors (Lipinski definition) is 1. The number of para-hydroxylation sites is 1. The fraction of sp³-hybridized carbons (Fsp3) is 0.182. The molecule has 0 aliphatic rings. The van der Waals surface area contributed by atoms with Crippen molar-refractivity contribution in [2.75, 3.05) is 30.3 Å². The van der Waals surface area contributed by atoms with Gasteiger partial charge < -0.3 is 5.32 Å². The first-order chi connectivity index (χ1) is 14.4. The lowest BCUT2D eigenvalue weighted by atomic mass is 10.1. The lowest BCUT2D eigenvalue weighted by molar-refractivity contribution is -0.114. The first-order valence-corrected chi connectivity index (χ1v) is 10.8. The van der Waals surface area contributed by atoms with Gasteiger partial charge in [-0.05, 0) is 53.9 Å².